The fourth-order valence-corrected chi connectivity index (χ4v) is 4.04. The molecular formula is C28H27NO4. The van der Waals surface area contributed by atoms with Gasteiger partial charge < -0.3 is 9.84 Å². The Bertz CT molecular complexity index is 1210. The highest BCUT2D eigenvalue weighted by atomic mass is 16.5. The number of Topliss-reactive ketones (excluding diaryl/α,β-unsaturated/α-hetero) is 1. The summed E-state index contributed by atoms with van der Waals surface area (Å²) in [7, 11) is 0. The second kappa shape index (κ2) is 9.33. The molecule has 1 amide bonds. The van der Waals surface area contributed by atoms with Crippen LogP contribution < -0.4 is 9.64 Å². The topological polar surface area (TPSA) is 66.8 Å². The first kappa shape index (κ1) is 22.3. The van der Waals surface area contributed by atoms with Gasteiger partial charge in [0.25, 0.3) is 11.7 Å². The highest BCUT2D eigenvalue weighted by Gasteiger charge is 2.46. The second-order valence-electron chi connectivity index (χ2n) is 8.29. The maximum Gasteiger partial charge on any atom is 0.300 e. The summed E-state index contributed by atoms with van der Waals surface area (Å²) in [5.41, 5.74) is 3.95. The van der Waals surface area contributed by atoms with E-state index >= 15 is 0 Å². The number of aliphatic hydroxyl groups excluding tert-OH is 1. The number of nitrogens with zero attached hydrogens (tertiary/aromatic N) is 1. The number of ether oxygens (including phenoxy) is 1. The number of hydrogen-bond acceptors (Lipinski definition) is 4. The fraction of sp³-hybridized carbons (Fsp3) is 0.214. The van der Waals surface area contributed by atoms with Gasteiger partial charge in [0.15, 0.2) is 0 Å². The number of aliphatic hydroxyl groups is 1. The molecule has 5 nitrogen and oxygen atoms in total. The summed E-state index contributed by atoms with van der Waals surface area (Å²) in [4.78, 5) is 27.9. The highest BCUT2D eigenvalue weighted by molar-refractivity contribution is 6.51. The van der Waals surface area contributed by atoms with Crippen LogP contribution in [0.1, 0.15) is 41.6 Å². The zero-order valence-corrected chi connectivity index (χ0v) is 19.0. The molecule has 3 aromatic rings. The zero-order valence-electron chi connectivity index (χ0n) is 19.0. The van der Waals surface area contributed by atoms with Crippen LogP contribution in [0, 0.1) is 13.8 Å². The minimum Gasteiger partial charge on any atom is -0.507 e. The molecule has 0 aromatic heterocycles. The van der Waals surface area contributed by atoms with Gasteiger partial charge in [0, 0.05) is 11.3 Å². The summed E-state index contributed by atoms with van der Waals surface area (Å²) in [5.74, 6) is -0.874. The SMILES string of the molecule is CCCOc1ccc(/C(O)=C2/C(=O)C(=O)N(c3ccc(C)cc3)C2c2cccc(C)c2)cc1. The largest absolute Gasteiger partial charge is 0.507 e. The van der Waals surface area contributed by atoms with E-state index in [1.807, 2.05) is 69.3 Å². The van der Waals surface area contributed by atoms with Gasteiger partial charge >= 0.3 is 0 Å². The number of hydrogen-bond donors (Lipinski definition) is 1. The Kier molecular flexibility index (Phi) is 6.31. The molecule has 0 saturated carbocycles. The summed E-state index contributed by atoms with van der Waals surface area (Å²) >= 11 is 0. The molecule has 3 aromatic carbocycles. The molecule has 0 bridgehead atoms. The monoisotopic (exact) mass is 441 g/mol. The van der Waals surface area contributed by atoms with Crippen molar-refractivity contribution in [1.29, 1.82) is 0 Å². The van der Waals surface area contributed by atoms with E-state index in [9.17, 15) is 14.7 Å². The normalized spacial score (nSPS) is 17.4. The summed E-state index contributed by atoms with van der Waals surface area (Å²) in [6.45, 7) is 6.54. The van der Waals surface area contributed by atoms with Crippen LogP contribution in [0.25, 0.3) is 5.76 Å². The van der Waals surface area contributed by atoms with Crippen LogP contribution in [-0.4, -0.2) is 23.4 Å². The van der Waals surface area contributed by atoms with Crippen LogP contribution in [0.3, 0.4) is 0 Å². The minimum atomic E-state index is -0.733. The summed E-state index contributed by atoms with van der Waals surface area (Å²) in [5, 5.41) is 11.2. The third-order valence-electron chi connectivity index (χ3n) is 5.72. The molecule has 1 saturated heterocycles. The molecule has 1 aliphatic rings. The third kappa shape index (κ3) is 4.40. The predicted molar refractivity (Wildman–Crippen MR) is 129 cm³/mol. The van der Waals surface area contributed by atoms with Gasteiger partial charge in [-0.15, -0.1) is 0 Å². The van der Waals surface area contributed by atoms with Crippen molar-refractivity contribution in [2.75, 3.05) is 11.5 Å². The molecule has 4 rings (SSSR count). The number of aryl methyl sites for hydroxylation is 2. The summed E-state index contributed by atoms with van der Waals surface area (Å²) < 4.78 is 5.61. The molecule has 1 fully saturated rings. The number of carbonyl (C=O) groups is 2. The van der Waals surface area contributed by atoms with Crippen molar-refractivity contribution in [3.05, 3.63) is 101 Å². The Morgan fingerprint density at radius 3 is 2.27 bits per heavy atom. The zero-order chi connectivity index (χ0) is 23.5. The van der Waals surface area contributed by atoms with Crippen LogP contribution in [0.15, 0.2) is 78.4 Å². The quantitative estimate of drug-likeness (QED) is 0.302. The highest BCUT2D eigenvalue weighted by Crippen LogP contribution is 2.42. The number of ketones is 1. The van der Waals surface area contributed by atoms with E-state index in [1.54, 1.807) is 24.3 Å². The van der Waals surface area contributed by atoms with Gasteiger partial charge in [-0.05, 0) is 62.2 Å². The van der Waals surface area contributed by atoms with Gasteiger partial charge in [0.05, 0.1) is 18.2 Å². The van der Waals surface area contributed by atoms with E-state index in [0.29, 0.717) is 23.6 Å². The Hall–Kier alpha value is -3.86. The smallest absolute Gasteiger partial charge is 0.300 e. The predicted octanol–water partition coefficient (Wildman–Crippen LogP) is 5.72. The molecule has 0 radical (unpaired) electrons. The molecular weight excluding hydrogens is 414 g/mol. The van der Waals surface area contributed by atoms with Gasteiger partial charge in [-0.1, -0.05) is 54.4 Å². The van der Waals surface area contributed by atoms with Gasteiger partial charge in [-0.25, -0.2) is 0 Å². The molecule has 0 spiro atoms. The Balaban J connectivity index is 1.85. The lowest BCUT2D eigenvalue weighted by Gasteiger charge is -2.26. The van der Waals surface area contributed by atoms with E-state index in [-0.39, 0.29) is 11.3 Å². The van der Waals surface area contributed by atoms with Crippen LogP contribution >= 0.6 is 0 Å². The van der Waals surface area contributed by atoms with Crippen molar-refractivity contribution in [2.45, 2.75) is 33.2 Å². The summed E-state index contributed by atoms with van der Waals surface area (Å²) in [6.07, 6.45) is 0.890. The third-order valence-corrected chi connectivity index (χ3v) is 5.72. The Morgan fingerprint density at radius 1 is 0.939 bits per heavy atom. The lowest BCUT2D eigenvalue weighted by atomic mass is 9.94. The molecule has 1 atom stereocenters. The molecule has 33 heavy (non-hydrogen) atoms. The second-order valence-corrected chi connectivity index (χ2v) is 8.29. The lowest BCUT2D eigenvalue weighted by Crippen LogP contribution is -2.29. The number of anilines is 1. The maximum absolute atomic E-state index is 13.2. The van der Waals surface area contributed by atoms with Crippen LogP contribution in [-0.2, 0) is 9.59 Å². The molecule has 1 aliphatic heterocycles. The Morgan fingerprint density at radius 2 is 1.64 bits per heavy atom. The van der Waals surface area contributed by atoms with Crippen LogP contribution in [0.5, 0.6) is 5.75 Å². The van der Waals surface area contributed by atoms with E-state index in [2.05, 4.69) is 0 Å². The molecule has 168 valence electrons. The number of amides is 1. The average molecular weight is 442 g/mol. The van der Waals surface area contributed by atoms with Crippen molar-refractivity contribution in [1.82, 2.24) is 0 Å². The number of benzene rings is 3. The maximum atomic E-state index is 13.2. The molecule has 5 heteroatoms. The van der Waals surface area contributed by atoms with E-state index in [0.717, 1.165) is 23.1 Å². The first-order valence-corrected chi connectivity index (χ1v) is 11.1. The van der Waals surface area contributed by atoms with Gasteiger partial charge in [0.1, 0.15) is 11.5 Å². The first-order chi connectivity index (χ1) is 15.9. The molecule has 1 heterocycles. The summed E-state index contributed by atoms with van der Waals surface area (Å²) in [6, 6.07) is 21.3. The lowest BCUT2D eigenvalue weighted by molar-refractivity contribution is -0.132. The molecule has 1 N–H and O–H groups in total. The van der Waals surface area contributed by atoms with E-state index in [4.69, 9.17) is 4.74 Å². The van der Waals surface area contributed by atoms with Crippen molar-refractivity contribution >= 4 is 23.1 Å². The van der Waals surface area contributed by atoms with Crippen LogP contribution in [0.2, 0.25) is 0 Å². The van der Waals surface area contributed by atoms with E-state index < -0.39 is 17.7 Å². The number of rotatable bonds is 6. The van der Waals surface area contributed by atoms with Crippen molar-refractivity contribution in [3.63, 3.8) is 0 Å². The molecule has 1 unspecified atom stereocenters. The van der Waals surface area contributed by atoms with E-state index in [1.165, 1.54) is 4.90 Å². The minimum absolute atomic E-state index is 0.0772. The Labute approximate surface area is 193 Å². The van der Waals surface area contributed by atoms with Crippen molar-refractivity contribution in [3.8, 4) is 5.75 Å². The number of carbonyl (C=O) groups excluding carboxylic acids is 2. The van der Waals surface area contributed by atoms with Crippen molar-refractivity contribution < 1.29 is 19.4 Å². The van der Waals surface area contributed by atoms with Gasteiger partial charge in [0.2, 0.25) is 0 Å². The molecule has 0 aliphatic carbocycles. The standard InChI is InChI=1S/C28H27NO4/c1-4-16-33-23-14-10-20(11-15-23)26(30)24-25(21-7-5-6-19(3)17-21)29(28(32)27(24)31)22-12-8-18(2)9-13-22/h5-15,17,25,30H,4,16H2,1-3H3/b26-24-. The average Bonchev–Trinajstić information content (AvgIpc) is 3.08. The fourth-order valence-electron chi connectivity index (χ4n) is 4.04. The van der Waals surface area contributed by atoms with Gasteiger partial charge in [-0.3, -0.25) is 14.5 Å². The van der Waals surface area contributed by atoms with Gasteiger partial charge in [-0.2, -0.15) is 0 Å². The van der Waals surface area contributed by atoms with Crippen molar-refractivity contribution in [2.24, 2.45) is 0 Å². The first-order valence-electron chi connectivity index (χ1n) is 11.1. The van der Waals surface area contributed by atoms with Crippen LogP contribution in [0.4, 0.5) is 5.69 Å².